The molecule has 1 aliphatic carbocycles. The Labute approximate surface area is 194 Å². The largest absolute Gasteiger partial charge is 0.359 e. The standard InChI is InChI=1S/C26H31N3O4/c1-2-15-29-22(24(31)28-18-11-7-4-8-12-18)26-14-13-19(33-26)20(21(26)25(29)32)23(30)27-16-17-9-5-3-6-10-17/h2-3,5-6,9-10,13-14,18-22H,1,4,7-8,11-12,15-16H2,(H,27,30)(H,28,31)/t19-,20+,21-,22-,26+/m1/s1. The first-order chi connectivity index (χ1) is 16.0. The van der Waals surface area contributed by atoms with E-state index < -0.39 is 29.6 Å². The minimum atomic E-state index is -1.11. The van der Waals surface area contributed by atoms with Gasteiger partial charge in [-0.3, -0.25) is 14.4 Å². The molecule has 1 saturated carbocycles. The Morgan fingerprint density at radius 1 is 1.15 bits per heavy atom. The number of fused-ring (bicyclic) bond motifs is 1. The lowest BCUT2D eigenvalue weighted by atomic mass is 9.74. The third kappa shape index (κ3) is 3.68. The zero-order chi connectivity index (χ0) is 23.0. The van der Waals surface area contributed by atoms with Crippen molar-refractivity contribution in [2.45, 2.75) is 62.4 Å². The third-order valence-corrected chi connectivity index (χ3v) is 7.51. The molecule has 3 amide bonds. The first-order valence-corrected chi connectivity index (χ1v) is 12.0. The quantitative estimate of drug-likeness (QED) is 0.624. The molecule has 0 radical (unpaired) electrons. The van der Waals surface area contributed by atoms with Gasteiger partial charge < -0.3 is 20.3 Å². The Bertz CT molecular complexity index is 971. The SMILES string of the molecule is C=CCN1C(=O)[C@H]2[C@@H](C(=O)NCc3ccccc3)[C@H]3C=C[C@@]2(O3)[C@H]1C(=O)NC1CCCCC1. The Hall–Kier alpha value is -2.93. The number of carbonyl (C=O) groups is 3. The molecule has 3 aliphatic heterocycles. The van der Waals surface area contributed by atoms with Crippen molar-refractivity contribution in [2.75, 3.05) is 6.54 Å². The maximum Gasteiger partial charge on any atom is 0.246 e. The van der Waals surface area contributed by atoms with E-state index in [1.54, 1.807) is 11.0 Å². The Morgan fingerprint density at radius 2 is 1.91 bits per heavy atom. The summed E-state index contributed by atoms with van der Waals surface area (Å²) in [6.45, 7) is 4.39. The molecule has 2 bridgehead atoms. The number of amides is 3. The first kappa shape index (κ1) is 21.9. The summed E-state index contributed by atoms with van der Waals surface area (Å²) in [4.78, 5) is 41.8. The summed E-state index contributed by atoms with van der Waals surface area (Å²) in [7, 11) is 0. The summed E-state index contributed by atoms with van der Waals surface area (Å²) in [6, 6.07) is 8.96. The van der Waals surface area contributed by atoms with Crippen LogP contribution in [0.25, 0.3) is 0 Å². The van der Waals surface area contributed by atoms with E-state index in [2.05, 4.69) is 17.2 Å². The van der Waals surface area contributed by atoms with E-state index in [-0.39, 0.29) is 30.3 Å². The van der Waals surface area contributed by atoms with Crippen molar-refractivity contribution in [2.24, 2.45) is 11.8 Å². The van der Waals surface area contributed by atoms with Gasteiger partial charge in [-0.25, -0.2) is 0 Å². The lowest BCUT2D eigenvalue weighted by molar-refractivity contribution is -0.141. The van der Waals surface area contributed by atoms with E-state index >= 15 is 0 Å². The molecule has 0 aromatic heterocycles. The molecule has 0 unspecified atom stereocenters. The fraction of sp³-hybridized carbons (Fsp3) is 0.500. The molecule has 33 heavy (non-hydrogen) atoms. The Kier molecular flexibility index (Phi) is 5.83. The summed E-state index contributed by atoms with van der Waals surface area (Å²) in [5.41, 5.74) is -0.130. The van der Waals surface area contributed by atoms with Gasteiger partial charge in [-0.15, -0.1) is 6.58 Å². The van der Waals surface area contributed by atoms with Crippen LogP contribution in [0.4, 0.5) is 0 Å². The van der Waals surface area contributed by atoms with E-state index in [1.807, 2.05) is 42.5 Å². The number of rotatable bonds is 7. The Balaban J connectivity index is 1.38. The predicted octanol–water partition coefficient (Wildman–Crippen LogP) is 2.09. The highest BCUT2D eigenvalue weighted by Gasteiger charge is 2.72. The molecule has 3 fully saturated rings. The summed E-state index contributed by atoms with van der Waals surface area (Å²) in [5, 5.41) is 6.14. The second kappa shape index (κ2) is 8.78. The van der Waals surface area contributed by atoms with Crippen LogP contribution in [0.2, 0.25) is 0 Å². The van der Waals surface area contributed by atoms with Crippen LogP contribution in [0.15, 0.2) is 55.1 Å². The van der Waals surface area contributed by atoms with Gasteiger partial charge in [0.25, 0.3) is 0 Å². The van der Waals surface area contributed by atoms with Gasteiger partial charge in [0.2, 0.25) is 17.7 Å². The fourth-order valence-electron chi connectivity index (χ4n) is 6.03. The van der Waals surface area contributed by atoms with Crippen molar-refractivity contribution in [1.29, 1.82) is 0 Å². The van der Waals surface area contributed by atoms with Gasteiger partial charge in [-0.2, -0.15) is 0 Å². The van der Waals surface area contributed by atoms with E-state index in [0.717, 1.165) is 31.2 Å². The summed E-state index contributed by atoms with van der Waals surface area (Å²) in [5.74, 6) is -2.02. The van der Waals surface area contributed by atoms with E-state index in [0.29, 0.717) is 6.54 Å². The zero-order valence-corrected chi connectivity index (χ0v) is 18.7. The van der Waals surface area contributed by atoms with Gasteiger partial charge in [0.15, 0.2) is 0 Å². The number of nitrogens with one attached hydrogen (secondary N) is 2. The molecule has 1 aromatic carbocycles. The van der Waals surface area contributed by atoms with Crippen LogP contribution in [0.5, 0.6) is 0 Å². The number of nitrogens with zero attached hydrogens (tertiary/aromatic N) is 1. The van der Waals surface area contributed by atoms with Crippen LogP contribution in [0.1, 0.15) is 37.7 Å². The predicted molar refractivity (Wildman–Crippen MR) is 123 cm³/mol. The highest BCUT2D eigenvalue weighted by atomic mass is 16.5. The average molecular weight is 450 g/mol. The average Bonchev–Trinajstić information content (AvgIpc) is 3.47. The molecule has 4 aliphatic rings. The lowest BCUT2D eigenvalue weighted by Crippen LogP contribution is -2.56. The molecule has 7 nitrogen and oxygen atoms in total. The normalized spacial score (nSPS) is 32.6. The molecule has 1 spiro atoms. The molecule has 7 heteroatoms. The topological polar surface area (TPSA) is 87.7 Å². The van der Waals surface area contributed by atoms with Crippen LogP contribution >= 0.6 is 0 Å². The van der Waals surface area contributed by atoms with Crippen LogP contribution in [-0.4, -0.2) is 53.0 Å². The fourth-order valence-corrected chi connectivity index (χ4v) is 6.03. The van der Waals surface area contributed by atoms with Crippen molar-refractivity contribution in [3.8, 4) is 0 Å². The van der Waals surface area contributed by atoms with Crippen molar-refractivity contribution < 1.29 is 19.1 Å². The molecule has 5 rings (SSSR count). The molecule has 3 heterocycles. The third-order valence-electron chi connectivity index (χ3n) is 7.51. The molecule has 5 atom stereocenters. The van der Waals surface area contributed by atoms with Crippen LogP contribution in [0.3, 0.4) is 0 Å². The van der Waals surface area contributed by atoms with E-state index in [9.17, 15) is 14.4 Å². The van der Waals surface area contributed by atoms with Crippen molar-refractivity contribution >= 4 is 17.7 Å². The zero-order valence-electron chi connectivity index (χ0n) is 18.7. The number of hydrogen-bond donors (Lipinski definition) is 2. The molecule has 174 valence electrons. The van der Waals surface area contributed by atoms with Crippen LogP contribution in [0, 0.1) is 11.8 Å². The van der Waals surface area contributed by atoms with Crippen LogP contribution in [-0.2, 0) is 25.7 Å². The van der Waals surface area contributed by atoms with Gasteiger partial charge in [-0.1, -0.05) is 67.8 Å². The smallest absolute Gasteiger partial charge is 0.246 e. The second-order valence-electron chi connectivity index (χ2n) is 9.53. The second-order valence-corrected chi connectivity index (χ2v) is 9.53. The van der Waals surface area contributed by atoms with Crippen molar-refractivity contribution in [1.82, 2.24) is 15.5 Å². The summed E-state index contributed by atoms with van der Waals surface area (Å²) in [6.07, 6.45) is 10.1. The maximum absolute atomic E-state index is 13.6. The molecule has 2 saturated heterocycles. The van der Waals surface area contributed by atoms with Gasteiger partial charge in [0.05, 0.1) is 17.9 Å². The number of ether oxygens (including phenoxy) is 1. The number of likely N-dealkylation sites (tertiary alicyclic amines) is 1. The van der Waals surface area contributed by atoms with Crippen molar-refractivity contribution in [3.05, 3.63) is 60.7 Å². The highest BCUT2D eigenvalue weighted by molar-refractivity contribution is 6.00. The first-order valence-electron chi connectivity index (χ1n) is 12.0. The highest BCUT2D eigenvalue weighted by Crippen LogP contribution is 2.55. The van der Waals surface area contributed by atoms with Gasteiger partial charge in [-0.05, 0) is 18.4 Å². The summed E-state index contributed by atoms with van der Waals surface area (Å²) >= 11 is 0. The summed E-state index contributed by atoms with van der Waals surface area (Å²) < 4.78 is 6.31. The minimum Gasteiger partial charge on any atom is -0.359 e. The van der Waals surface area contributed by atoms with Gasteiger partial charge >= 0.3 is 0 Å². The molecule has 2 N–H and O–H groups in total. The van der Waals surface area contributed by atoms with Crippen molar-refractivity contribution in [3.63, 3.8) is 0 Å². The number of hydrogen-bond acceptors (Lipinski definition) is 4. The monoisotopic (exact) mass is 449 g/mol. The van der Waals surface area contributed by atoms with Gasteiger partial charge in [0.1, 0.15) is 11.6 Å². The molecule has 1 aromatic rings. The Morgan fingerprint density at radius 3 is 2.64 bits per heavy atom. The lowest BCUT2D eigenvalue weighted by Gasteiger charge is -2.33. The molecular formula is C26H31N3O4. The van der Waals surface area contributed by atoms with Gasteiger partial charge in [0, 0.05) is 19.1 Å². The number of benzene rings is 1. The minimum absolute atomic E-state index is 0.120. The molecular weight excluding hydrogens is 418 g/mol. The van der Waals surface area contributed by atoms with E-state index in [4.69, 9.17) is 4.74 Å². The number of carbonyl (C=O) groups excluding carboxylic acids is 3. The van der Waals surface area contributed by atoms with Crippen LogP contribution < -0.4 is 10.6 Å². The van der Waals surface area contributed by atoms with E-state index in [1.165, 1.54) is 6.42 Å². The maximum atomic E-state index is 13.6.